The molecule has 19 heavy (non-hydrogen) atoms. The van der Waals surface area contributed by atoms with Gasteiger partial charge in [0.05, 0.1) is 11.5 Å². The van der Waals surface area contributed by atoms with Gasteiger partial charge in [0, 0.05) is 11.6 Å². The van der Waals surface area contributed by atoms with E-state index in [1.807, 2.05) is 31.2 Å². The van der Waals surface area contributed by atoms with E-state index in [1.54, 1.807) is 0 Å². The van der Waals surface area contributed by atoms with Crippen molar-refractivity contribution < 1.29 is 4.79 Å². The van der Waals surface area contributed by atoms with Gasteiger partial charge in [-0.15, -0.1) is 0 Å². The highest BCUT2D eigenvalue weighted by Gasteiger charge is 2.39. The van der Waals surface area contributed by atoms with Crippen molar-refractivity contribution in [2.24, 2.45) is 5.41 Å². The number of halogens is 1. The monoisotopic (exact) mass is 280 g/mol. The molecule has 1 fully saturated rings. The summed E-state index contributed by atoms with van der Waals surface area (Å²) in [5.74, 6) is 0.146. The minimum atomic E-state index is -0.243. The van der Waals surface area contributed by atoms with Gasteiger partial charge in [0.25, 0.3) is 0 Å². The first-order chi connectivity index (χ1) is 9.07. The van der Waals surface area contributed by atoms with E-state index >= 15 is 0 Å². The first-order valence-corrected chi connectivity index (χ1v) is 7.22. The van der Waals surface area contributed by atoms with Crippen molar-refractivity contribution >= 4 is 17.5 Å². The van der Waals surface area contributed by atoms with Crippen LogP contribution in [0.4, 0.5) is 0 Å². The lowest BCUT2D eigenvalue weighted by Crippen LogP contribution is -2.43. The highest BCUT2D eigenvalue weighted by atomic mass is 35.5. The van der Waals surface area contributed by atoms with E-state index in [0.717, 1.165) is 31.5 Å². The molecule has 1 aromatic rings. The number of rotatable bonds is 4. The van der Waals surface area contributed by atoms with Crippen molar-refractivity contribution in [2.45, 2.75) is 32.7 Å². The molecule has 2 atom stereocenters. The highest BCUT2D eigenvalue weighted by molar-refractivity contribution is 6.30. The van der Waals surface area contributed by atoms with Crippen molar-refractivity contribution in [3.8, 4) is 0 Å². The topological polar surface area (TPSA) is 41.1 Å². The summed E-state index contributed by atoms with van der Waals surface area (Å²) in [4.78, 5) is 12.5. The maximum absolute atomic E-state index is 12.5. The fourth-order valence-electron chi connectivity index (χ4n) is 2.61. The molecule has 1 saturated heterocycles. The molecule has 1 unspecified atom stereocenters. The van der Waals surface area contributed by atoms with Crippen LogP contribution in [-0.4, -0.2) is 19.0 Å². The van der Waals surface area contributed by atoms with E-state index < -0.39 is 0 Å². The number of benzene rings is 1. The molecular weight excluding hydrogens is 260 g/mol. The van der Waals surface area contributed by atoms with E-state index in [0.29, 0.717) is 5.02 Å². The third-order valence-electron chi connectivity index (χ3n) is 4.10. The lowest BCUT2D eigenvalue weighted by molar-refractivity contribution is -0.131. The maximum Gasteiger partial charge on any atom is 0.228 e. The van der Waals surface area contributed by atoms with E-state index in [9.17, 15) is 4.79 Å². The molecule has 0 aliphatic carbocycles. The second-order valence-electron chi connectivity index (χ2n) is 5.31. The van der Waals surface area contributed by atoms with Crippen molar-refractivity contribution in [1.29, 1.82) is 0 Å². The quantitative estimate of drug-likeness (QED) is 0.890. The zero-order chi connectivity index (χ0) is 13.9. The average Bonchev–Trinajstić information content (AvgIpc) is 2.88. The summed E-state index contributed by atoms with van der Waals surface area (Å²) in [5.41, 5.74) is 0.797. The molecule has 1 heterocycles. The Kier molecular flexibility index (Phi) is 4.48. The van der Waals surface area contributed by atoms with Crippen LogP contribution in [0.3, 0.4) is 0 Å². The average molecular weight is 281 g/mol. The molecule has 0 aromatic heterocycles. The fraction of sp³-hybridized carbons (Fsp3) is 0.533. The first kappa shape index (κ1) is 14.4. The van der Waals surface area contributed by atoms with Gasteiger partial charge < -0.3 is 10.6 Å². The van der Waals surface area contributed by atoms with Crippen molar-refractivity contribution in [3.05, 3.63) is 34.9 Å². The fourth-order valence-corrected chi connectivity index (χ4v) is 2.81. The van der Waals surface area contributed by atoms with Crippen LogP contribution in [0.15, 0.2) is 24.3 Å². The zero-order valence-corrected chi connectivity index (χ0v) is 12.3. The minimum absolute atomic E-state index is 0.0183. The SMILES string of the molecule is CCC1(C(=O)N[C@@H](C)c2cccc(Cl)c2)CCNC1. The lowest BCUT2D eigenvalue weighted by atomic mass is 9.83. The molecule has 104 valence electrons. The number of hydrogen-bond donors (Lipinski definition) is 2. The molecule has 2 N–H and O–H groups in total. The molecule has 0 saturated carbocycles. The molecule has 0 radical (unpaired) electrons. The number of carbonyl (C=O) groups is 1. The van der Waals surface area contributed by atoms with Gasteiger partial charge in [0.2, 0.25) is 5.91 Å². The molecule has 1 aliphatic heterocycles. The summed E-state index contributed by atoms with van der Waals surface area (Å²) in [6, 6.07) is 7.62. The van der Waals surface area contributed by atoms with Crippen LogP contribution < -0.4 is 10.6 Å². The van der Waals surface area contributed by atoms with Gasteiger partial charge in [0.1, 0.15) is 0 Å². The summed E-state index contributed by atoms with van der Waals surface area (Å²) >= 11 is 5.98. The Labute approximate surface area is 119 Å². The van der Waals surface area contributed by atoms with Crippen LogP contribution >= 0.6 is 11.6 Å². The van der Waals surface area contributed by atoms with Gasteiger partial charge in [-0.25, -0.2) is 0 Å². The molecule has 1 amide bonds. The first-order valence-electron chi connectivity index (χ1n) is 6.84. The standard InChI is InChI=1S/C15H21ClN2O/c1-3-15(7-8-17-10-15)14(19)18-11(2)12-5-4-6-13(16)9-12/h4-6,9,11,17H,3,7-8,10H2,1-2H3,(H,18,19)/t11-,15?/m0/s1. The molecule has 1 aromatic carbocycles. The van der Waals surface area contributed by atoms with Gasteiger partial charge in [-0.1, -0.05) is 30.7 Å². The van der Waals surface area contributed by atoms with Crippen LogP contribution in [-0.2, 0) is 4.79 Å². The molecular formula is C15H21ClN2O. The van der Waals surface area contributed by atoms with Gasteiger partial charge in [-0.3, -0.25) is 4.79 Å². The molecule has 1 aliphatic rings. The minimum Gasteiger partial charge on any atom is -0.349 e. The number of carbonyl (C=O) groups excluding carboxylic acids is 1. The Hall–Kier alpha value is -1.06. The Balaban J connectivity index is 2.06. The van der Waals surface area contributed by atoms with Crippen LogP contribution in [0.25, 0.3) is 0 Å². The maximum atomic E-state index is 12.5. The van der Waals surface area contributed by atoms with E-state index in [4.69, 9.17) is 11.6 Å². The Morgan fingerprint density at radius 1 is 1.58 bits per heavy atom. The Morgan fingerprint density at radius 3 is 2.95 bits per heavy atom. The van der Waals surface area contributed by atoms with Crippen LogP contribution in [0.2, 0.25) is 5.02 Å². The second-order valence-corrected chi connectivity index (χ2v) is 5.75. The van der Waals surface area contributed by atoms with Gasteiger partial charge in [-0.05, 0) is 44.0 Å². The molecule has 0 bridgehead atoms. The Bertz CT molecular complexity index is 455. The van der Waals surface area contributed by atoms with E-state index in [-0.39, 0.29) is 17.4 Å². The molecule has 0 spiro atoms. The Morgan fingerprint density at radius 2 is 2.37 bits per heavy atom. The third kappa shape index (κ3) is 3.10. The number of amides is 1. The molecule has 3 nitrogen and oxygen atoms in total. The van der Waals surface area contributed by atoms with E-state index in [2.05, 4.69) is 17.6 Å². The summed E-state index contributed by atoms with van der Waals surface area (Å²) in [6.07, 6.45) is 1.78. The van der Waals surface area contributed by atoms with Crippen molar-refractivity contribution in [1.82, 2.24) is 10.6 Å². The van der Waals surface area contributed by atoms with Gasteiger partial charge in [0.15, 0.2) is 0 Å². The highest BCUT2D eigenvalue weighted by Crippen LogP contribution is 2.30. The number of hydrogen-bond acceptors (Lipinski definition) is 2. The zero-order valence-electron chi connectivity index (χ0n) is 11.5. The number of nitrogens with one attached hydrogen (secondary N) is 2. The smallest absolute Gasteiger partial charge is 0.228 e. The van der Waals surface area contributed by atoms with Crippen LogP contribution in [0.1, 0.15) is 38.3 Å². The van der Waals surface area contributed by atoms with Crippen molar-refractivity contribution in [3.63, 3.8) is 0 Å². The third-order valence-corrected chi connectivity index (χ3v) is 4.33. The predicted molar refractivity (Wildman–Crippen MR) is 78.2 cm³/mol. The molecule has 2 rings (SSSR count). The summed E-state index contributed by atoms with van der Waals surface area (Å²) in [5, 5.41) is 7.10. The summed E-state index contributed by atoms with van der Waals surface area (Å²) in [6.45, 7) is 5.77. The molecule has 4 heteroatoms. The summed E-state index contributed by atoms with van der Waals surface area (Å²) in [7, 11) is 0. The largest absolute Gasteiger partial charge is 0.349 e. The van der Waals surface area contributed by atoms with Gasteiger partial charge >= 0.3 is 0 Å². The second kappa shape index (κ2) is 5.93. The van der Waals surface area contributed by atoms with Crippen molar-refractivity contribution in [2.75, 3.05) is 13.1 Å². The van der Waals surface area contributed by atoms with Gasteiger partial charge in [-0.2, -0.15) is 0 Å². The summed E-state index contributed by atoms with van der Waals surface area (Å²) < 4.78 is 0. The van der Waals surface area contributed by atoms with Crippen LogP contribution in [0.5, 0.6) is 0 Å². The lowest BCUT2D eigenvalue weighted by Gasteiger charge is -2.27. The normalized spacial score (nSPS) is 24.2. The van der Waals surface area contributed by atoms with Crippen LogP contribution in [0, 0.1) is 5.41 Å². The predicted octanol–water partition coefficient (Wildman–Crippen LogP) is 2.91. The van der Waals surface area contributed by atoms with E-state index in [1.165, 1.54) is 0 Å².